The summed E-state index contributed by atoms with van der Waals surface area (Å²) in [6, 6.07) is -0.959. The lowest BCUT2D eigenvalue weighted by Crippen LogP contribution is -2.74. The number of hydrogen-bond acceptors (Lipinski definition) is 4. The molecule has 2 rings (SSSR count). The van der Waals surface area contributed by atoms with Gasteiger partial charge in [-0.3, -0.25) is 9.59 Å². The van der Waals surface area contributed by atoms with Crippen LogP contribution in [0, 0.1) is 0 Å². The third kappa shape index (κ3) is 1.63. The first-order valence-corrected chi connectivity index (χ1v) is 5.95. The molecule has 2 fully saturated rings. The number of carbonyl (C=O) groups excluding carboxylic acids is 2. The number of β-lactam (4-membered cyclic amide) rings is 1. The van der Waals surface area contributed by atoms with E-state index in [0.29, 0.717) is 13.0 Å². The fraction of sp³-hybridized carbons (Fsp3) is 0.818. The molecule has 0 aliphatic carbocycles. The fourth-order valence-corrected chi connectivity index (χ4v) is 2.68. The van der Waals surface area contributed by atoms with Gasteiger partial charge in [-0.1, -0.05) is 0 Å². The van der Waals surface area contributed by atoms with E-state index in [1.165, 1.54) is 6.92 Å². The molecule has 6 nitrogen and oxygen atoms in total. The molecule has 0 bridgehead atoms. The number of amides is 2. The number of hydrogen-bond donors (Lipinski definition) is 3. The molecule has 6 heteroatoms. The highest BCUT2D eigenvalue weighted by molar-refractivity contribution is 5.98. The van der Waals surface area contributed by atoms with Crippen LogP contribution in [0.15, 0.2) is 0 Å². The molecular formula is C11H19N3O3. The van der Waals surface area contributed by atoms with E-state index >= 15 is 0 Å². The van der Waals surface area contributed by atoms with Crippen LogP contribution in [-0.4, -0.2) is 52.1 Å². The van der Waals surface area contributed by atoms with Gasteiger partial charge < -0.3 is 21.1 Å². The summed E-state index contributed by atoms with van der Waals surface area (Å²) in [5, 5.41) is 12.1. The Hall–Kier alpha value is -1.14. The van der Waals surface area contributed by atoms with Crippen molar-refractivity contribution in [1.82, 2.24) is 10.2 Å². The van der Waals surface area contributed by atoms with Crippen LogP contribution in [0.25, 0.3) is 0 Å². The maximum absolute atomic E-state index is 12.2. The Morgan fingerprint density at radius 3 is 2.76 bits per heavy atom. The molecule has 4 atom stereocenters. The minimum absolute atomic E-state index is 0.00153. The second kappa shape index (κ2) is 3.96. The molecule has 0 aromatic heterocycles. The minimum Gasteiger partial charge on any atom is -0.391 e. The smallest absolute Gasteiger partial charge is 0.247 e. The molecule has 1 spiro atoms. The normalized spacial score (nSPS) is 35.4. The van der Waals surface area contributed by atoms with E-state index in [-0.39, 0.29) is 17.9 Å². The van der Waals surface area contributed by atoms with Gasteiger partial charge in [-0.25, -0.2) is 0 Å². The Balaban J connectivity index is 2.23. The van der Waals surface area contributed by atoms with E-state index in [1.54, 1.807) is 4.90 Å². The van der Waals surface area contributed by atoms with Crippen molar-refractivity contribution in [2.75, 3.05) is 6.54 Å². The average Bonchev–Trinajstić information content (AvgIpc) is 2.65. The van der Waals surface area contributed by atoms with Crippen LogP contribution in [0.5, 0.6) is 0 Å². The van der Waals surface area contributed by atoms with Crippen LogP contribution in [0.4, 0.5) is 0 Å². The van der Waals surface area contributed by atoms with E-state index in [2.05, 4.69) is 5.32 Å². The Labute approximate surface area is 100 Å². The van der Waals surface area contributed by atoms with Crippen molar-refractivity contribution in [3.05, 3.63) is 0 Å². The number of carbonyl (C=O) groups is 2. The van der Waals surface area contributed by atoms with Crippen molar-refractivity contribution in [1.29, 1.82) is 0 Å². The number of nitrogens with one attached hydrogen (secondary N) is 1. The third-order valence-corrected chi connectivity index (χ3v) is 3.88. The highest BCUT2D eigenvalue weighted by Gasteiger charge is 2.58. The monoisotopic (exact) mass is 241 g/mol. The molecule has 2 aliphatic rings. The van der Waals surface area contributed by atoms with Crippen LogP contribution in [0.3, 0.4) is 0 Å². The van der Waals surface area contributed by atoms with Gasteiger partial charge in [0.05, 0.1) is 12.6 Å². The van der Waals surface area contributed by atoms with Gasteiger partial charge in [0.15, 0.2) is 0 Å². The number of aliphatic hydroxyl groups is 1. The number of aliphatic hydroxyl groups excluding tert-OH is 1. The summed E-state index contributed by atoms with van der Waals surface area (Å²) in [4.78, 5) is 25.5. The van der Waals surface area contributed by atoms with Crippen molar-refractivity contribution >= 4 is 11.8 Å². The number of rotatable bonds is 2. The van der Waals surface area contributed by atoms with Crippen LogP contribution in [0.2, 0.25) is 0 Å². The highest BCUT2D eigenvalue weighted by atomic mass is 16.3. The van der Waals surface area contributed by atoms with Gasteiger partial charge in [-0.15, -0.1) is 0 Å². The SMILES string of the molecule is CC(O)C(N)C(=O)N1C(C)CC[C@]12CNC2=O. The topological polar surface area (TPSA) is 95.7 Å². The summed E-state index contributed by atoms with van der Waals surface area (Å²) < 4.78 is 0. The van der Waals surface area contributed by atoms with E-state index in [1.807, 2.05) is 6.92 Å². The molecule has 3 unspecified atom stereocenters. The van der Waals surface area contributed by atoms with Crippen molar-refractivity contribution in [2.24, 2.45) is 5.73 Å². The molecule has 96 valence electrons. The number of nitrogens with zero attached hydrogens (tertiary/aromatic N) is 1. The van der Waals surface area contributed by atoms with Gasteiger partial charge >= 0.3 is 0 Å². The molecule has 2 heterocycles. The lowest BCUT2D eigenvalue weighted by Gasteiger charge is -2.46. The first kappa shape index (κ1) is 12.3. The second-order valence-corrected chi connectivity index (χ2v) is 5.08. The predicted octanol–water partition coefficient (Wildman–Crippen LogP) is -1.43. The van der Waals surface area contributed by atoms with Crippen LogP contribution >= 0.6 is 0 Å². The first-order chi connectivity index (χ1) is 7.90. The summed E-state index contributed by atoms with van der Waals surface area (Å²) >= 11 is 0. The molecule has 0 aromatic carbocycles. The summed E-state index contributed by atoms with van der Waals surface area (Å²) in [5.41, 5.74) is 4.97. The van der Waals surface area contributed by atoms with Gasteiger partial charge in [0.2, 0.25) is 11.8 Å². The summed E-state index contributed by atoms with van der Waals surface area (Å²) in [6.07, 6.45) is 0.569. The molecule has 2 amide bonds. The van der Waals surface area contributed by atoms with Gasteiger partial charge in [-0.05, 0) is 26.7 Å². The fourth-order valence-electron chi connectivity index (χ4n) is 2.68. The molecule has 17 heavy (non-hydrogen) atoms. The zero-order valence-electron chi connectivity index (χ0n) is 10.1. The van der Waals surface area contributed by atoms with Gasteiger partial charge in [0.25, 0.3) is 0 Å². The second-order valence-electron chi connectivity index (χ2n) is 5.08. The Bertz CT molecular complexity index is 358. The maximum Gasteiger partial charge on any atom is 0.247 e. The van der Waals surface area contributed by atoms with Crippen molar-refractivity contribution in [3.63, 3.8) is 0 Å². The van der Waals surface area contributed by atoms with Crippen molar-refractivity contribution in [3.8, 4) is 0 Å². The van der Waals surface area contributed by atoms with E-state index in [4.69, 9.17) is 5.73 Å². The zero-order chi connectivity index (χ0) is 12.8. The first-order valence-electron chi connectivity index (χ1n) is 5.95. The molecule has 0 saturated carbocycles. The average molecular weight is 241 g/mol. The van der Waals surface area contributed by atoms with E-state index in [0.717, 1.165) is 6.42 Å². The third-order valence-electron chi connectivity index (χ3n) is 3.88. The van der Waals surface area contributed by atoms with Gasteiger partial charge in [-0.2, -0.15) is 0 Å². The Morgan fingerprint density at radius 2 is 2.35 bits per heavy atom. The van der Waals surface area contributed by atoms with Crippen LogP contribution in [0.1, 0.15) is 26.7 Å². The van der Waals surface area contributed by atoms with Crippen molar-refractivity contribution in [2.45, 2.75) is 50.4 Å². The molecule has 2 aliphatic heterocycles. The lowest BCUT2D eigenvalue weighted by molar-refractivity contribution is -0.155. The number of nitrogens with two attached hydrogens (primary N) is 1. The Morgan fingerprint density at radius 1 is 1.71 bits per heavy atom. The van der Waals surface area contributed by atoms with Gasteiger partial charge in [0.1, 0.15) is 11.6 Å². The molecule has 0 radical (unpaired) electrons. The van der Waals surface area contributed by atoms with Crippen molar-refractivity contribution < 1.29 is 14.7 Å². The molecule has 4 N–H and O–H groups in total. The van der Waals surface area contributed by atoms with Crippen LogP contribution < -0.4 is 11.1 Å². The summed E-state index contributed by atoms with van der Waals surface area (Å²) in [7, 11) is 0. The highest BCUT2D eigenvalue weighted by Crippen LogP contribution is 2.38. The Kier molecular flexibility index (Phi) is 2.87. The van der Waals surface area contributed by atoms with E-state index < -0.39 is 17.7 Å². The number of likely N-dealkylation sites (tertiary alicyclic amines) is 1. The quantitative estimate of drug-likeness (QED) is 0.517. The molecule has 0 aromatic rings. The van der Waals surface area contributed by atoms with Crippen LogP contribution in [-0.2, 0) is 9.59 Å². The lowest BCUT2D eigenvalue weighted by atomic mass is 9.87. The maximum atomic E-state index is 12.2. The minimum atomic E-state index is -0.958. The zero-order valence-corrected chi connectivity index (χ0v) is 10.1. The molecular weight excluding hydrogens is 222 g/mol. The standard InChI is InChI=1S/C11H19N3O3/c1-6-3-4-11(5-13-10(11)17)14(6)9(16)8(12)7(2)15/h6-8,15H,3-5,12H2,1-2H3,(H,13,17)/t6?,7?,8?,11-/m1/s1. The predicted molar refractivity (Wildman–Crippen MR) is 60.9 cm³/mol. The summed E-state index contributed by atoms with van der Waals surface area (Å²) in [6.45, 7) is 3.89. The largest absolute Gasteiger partial charge is 0.391 e. The molecule has 2 saturated heterocycles. The van der Waals surface area contributed by atoms with E-state index in [9.17, 15) is 14.7 Å². The van der Waals surface area contributed by atoms with Gasteiger partial charge in [0, 0.05) is 6.04 Å². The summed E-state index contributed by atoms with van der Waals surface area (Å²) in [5.74, 6) is -0.437.